The van der Waals surface area contributed by atoms with E-state index in [1.807, 2.05) is 31.6 Å². The third kappa shape index (κ3) is 5.02. The van der Waals surface area contributed by atoms with E-state index in [1.165, 1.54) is 0 Å². The van der Waals surface area contributed by atoms with Crippen molar-refractivity contribution in [3.8, 4) is 6.07 Å². The van der Waals surface area contributed by atoms with Crippen molar-refractivity contribution < 1.29 is 18.1 Å². The Morgan fingerprint density at radius 1 is 1.34 bits per heavy atom. The molecule has 1 unspecified atom stereocenters. The fourth-order valence-electron chi connectivity index (χ4n) is 3.75. The van der Waals surface area contributed by atoms with Gasteiger partial charge in [0.15, 0.2) is 16.4 Å². The normalized spacial score (nSPS) is 18.9. The molecule has 1 aliphatic rings. The second-order valence-corrected chi connectivity index (χ2v) is 9.93. The number of aromatic nitrogens is 2. The van der Waals surface area contributed by atoms with Gasteiger partial charge in [-0.15, -0.1) is 0 Å². The maximum Gasteiger partial charge on any atom is 0.279 e. The average Bonchev–Trinajstić information content (AvgIpc) is 3.15. The third-order valence-corrected chi connectivity index (χ3v) is 7.02. The van der Waals surface area contributed by atoms with Gasteiger partial charge in [-0.3, -0.25) is 9.48 Å². The van der Waals surface area contributed by atoms with Crippen molar-refractivity contribution in [3.05, 3.63) is 46.8 Å². The minimum absolute atomic E-state index is 0.104. The van der Waals surface area contributed by atoms with E-state index in [4.69, 9.17) is 5.26 Å². The van der Waals surface area contributed by atoms with Crippen LogP contribution in [0.25, 0.3) is 0 Å². The van der Waals surface area contributed by atoms with E-state index in [1.54, 1.807) is 24.3 Å². The van der Waals surface area contributed by atoms with Gasteiger partial charge < -0.3 is 10.2 Å². The van der Waals surface area contributed by atoms with Crippen LogP contribution < -0.4 is 10.2 Å². The Hall–Kier alpha value is -2.70. The summed E-state index contributed by atoms with van der Waals surface area (Å²) in [6, 6.07) is 8.68. The molecule has 1 aromatic carbocycles. The summed E-state index contributed by atoms with van der Waals surface area (Å²) in [7, 11) is -1.03. The predicted octanol–water partition coefficient (Wildman–Crippen LogP) is 0.385. The number of nitriles is 1. The highest BCUT2D eigenvalue weighted by Gasteiger charge is 2.31. The number of hydrogen-bond donors (Lipinski definition) is 2. The first-order chi connectivity index (χ1) is 13.7. The van der Waals surface area contributed by atoms with Crippen LogP contribution in [0.3, 0.4) is 0 Å². The van der Waals surface area contributed by atoms with Crippen LogP contribution in [-0.2, 0) is 21.2 Å². The molecular weight excluding hydrogens is 390 g/mol. The number of amides is 1. The molecule has 9 heteroatoms. The van der Waals surface area contributed by atoms with Gasteiger partial charge in [0.2, 0.25) is 0 Å². The molecule has 0 aliphatic carbocycles. The molecule has 1 amide bonds. The molecule has 0 bridgehead atoms. The van der Waals surface area contributed by atoms with Crippen molar-refractivity contribution in [3.63, 3.8) is 0 Å². The van der Waals surface area contributed by atoms with E-state index in [0.717, 1.165) is 21.9 Å². The van der Waals surface area contributed by atoms with Crippen molar-refractivity contribution in [2.45, 2.75) is 32.9 Å². The molecule has 1 saturated heterocycles. The number of nitrogens with one attached hydrogen (secondary N) is 2. The fourth-order valence-corrected chi connectivity index (χ4v) is 5.44. The van der Waals surface area contributed by atoms with Gasteiger partial charge in [0, 0.05) is 11.4 Å². The molecule has 8 nitrogen and oxygen atoms in total. The monoisotopic (exact) mass is 416 g/mol. The lowest BCUT2D eigenvalue weighted by atomic mass is 10.1. The molecule has 2 N–H and O–H groups in total. The molecule has 0 saturated carbocycles. The van der Waals surface area contributed by atoms with E-state index < -0.39 is 9.84 Å². The molecule has 0 spiro atoms. The number of hydrogen-bond acceptors (Lipinski definition) is 5. The average molecular weight is 417 g/mol. The van der Waals surface area contributed by atoms with Crippen molar-refractivity contribution in [1.82, 2.24) is 9.78 Å². The summed E-state index contributed by atoms with van der Waals surface area (Å²) < 4.78 is 25.4. The molecule has 2 heterocycles. The number of quaternary nitrogens is 1. The number of carbonyl (C=O) groups is 1. The maximum atomic E-state index is 12.3. The molecule has 1 aliphatic heterocycles. The lowest BCUT2D eigenvalue weighted by Gasteiger charge is -2.15. The minimum Gasteiger partial charge on any atom is -0.326 e. The second-order valence-electron chi connectivity index (χ2n) is 7.70. The first-order valence-corrected chi connectivity index (χ1v) is 11.4. The summed E-state index contributed by atoms with van der Waals surface area (Å²) >= 11 is 0. The quantitative estimate of drug-likeness (QED) is 0.708. The fraction of sp³-hybridized carbons (Fsp3) is 0.450. The van der Waals surface area contributed by atoms with Gasteiger partial charge in [-0.1, -0.05) is 0 Å². The number of sulfone groups is 1. The van der Waals surface area contributed by atoms with Crippen LogP contribution in [0.2, 0.25) is 0 Å². The Bertz CT molecular complexity index is 1050. The number of aryl methyl sites for hydroxylation is 1. The van der Waals surface area contributed by atoms with Crippen LogP contribution >= 0.6 is 0 Å². The van der Waals surface area contributed by atoms with Crippen LogP contribution in [0, 0.1) is 25.2 Å². The van der Waals surface area contributed by atoms with Crippen LogP contribution in [0.4, 0.5) is 5.69 Å². The number of anilines is 1. The van der Waals surface area contributed by atoms with Crippen molar-refractivity contribution in [2.75, 3.05) is 30.4 Å². The summed E-state index contributed by atoms with van der Waals surface area (Å²) in [5.41, 5.74) is 4.10. The SMILES string of the molecule is Cc1nn([C@@H]2CCS(=O)(=O)C2)c(C)c1C[NH+](C)CC(=O)Nc1ccc(C#N)cc1. The largest absolute Gasteiger partial charge is 0.326 e. The first kappa shape index (κ1) is 21.0. The van der Waals surface area contributed by atoms with Crippen LogP contribution in [0.1, 0.15) is 35.0 Å². The number of carbonyl (C=O) groups excluding carboxylic acids is 1. The molecule has 3 rings (SSSR count). The minimum atomic E-state index is -2.97. The third-order valence-electron chi connectivity index (χ3n) is 5.27. The number of nitrogens with zero attached hydrogens (tertiary/aromatic N) is 3. The van der Waals surface area contributed by atoms with Gasteiger partial charge >= 0.3 is 0 Å². The van der Waals surface area contributed by atoms with Crippen LogP contribution in [0.5, 0.6) is 0 Å². The standard InChI is InChI=1S/C20H25N5O3S/c1-14-19(15(2)25(23-14)18-8-9-29(27,28)13-18)11-24(3)12-20(26)22-17-6-4-16(10-21)5-7-17/h4-7,18H,8-9,11-13H2,1-3H3,(H,22,26)/p+1/t18-/m1/s1. The van der Waals surface area contributed by atoms with E-state index in [-0.39, 0.29) is 30.0 Å². The first-order valence-electron chi connectivity index (χ1n) is 9.55. The van der Waals surface area contributed by atoms with Gasteiger partial charge in [0.1, 0.15) is 6.54 Å². The van der Waals surface area contributed by atoms with Gasteiger partial charge in [0.25, 0.3) is 5.91 Å². The number of benzene rings is 1. The van der Waals surface area contributed by atoms with Crippen molar-refractivity contribution >= 4 is 21.4 Å². The Balaban J connectivity index is 1.62. The van der Waals surface area contributed by atoms with Crippen LogP contribution in [0.15, 0.2) is 24.3 Å². The molecule has 0 radical (unpaired) electrons. The highest BCUT2D eigenvalue weighted by molar-refractivity contribution is 7.91. The highest BCUT2D eigenvalue weighted by atomic mass is 32.2. The number of likely N-dealkylation sites (N-methyl/N-ethyl adjacent to an activating group) is 1. The lowest BCUT2D eigenvalue weighted by molar-refractivity contribution is -0.885. The second kappa shape index (κ2) is 8.35. The topological polar surface area (TPSA) is 109 Å². The Morgan fingerprint density at radius 3 is 2.62 bits per heavy atom. The molecule has 29 heavy (non-hydrogen) atoms. The predicted molar refractivity (Wildman–Crippen MR) is 109 cm³/mol. The van der Waals surface area contributed by atoms with Crippen molar-refractivity contribution in [1.29, 1.82) is 5.26 Å². The number of rotatable bonds is 6. The zero-order chi connectivity index (χ0) is 21.2. The van der Waals surface area contributed by atoms with E-state index in [0.29, 0.717) is 24.2 Å². The summed E-state index contributed by atoms with van der Waals surface area (Å²) in [5, 5.41) is 16.3. The summed E-state index contributed by atoms with van der Waals surface area (Å²) in [5.74, 6) is 0.243. The van der Waals surface area contributed by atoms with Gasteiger partial charge in [-0.05, 0) is 44.5 Å². The molecule has 154 valence electrons. The molecule has 2 atom stereocenters. The highest BCUT2D eigenvalue weighted by Crippen LogP contribution is 2.26. The summed E-state index contributed by atoms with van der Waals surface area (Å²) in [6.45, 7) is 4.79. The van der Waals surface area contributed by atoms with Crippen molar-refractivity contribution in [2.24, 2.45) is 0 Å². The molecule has 1 aromatic heterocycles. The van der Waals surface area contributed by atoms with Gasteiger partial charge in [-0.2, -0.15) is 10.4 Å². The molecule has 2 aromatic rings. The van der Waals surface area contributed by atoms with E-state index in [2.05, 4.69) is 10.4 Å². The summed E-state index contributed by atoms with van der Waals surface area (Å²) in [6.07, 6.45) is 0.597. The van der Waals surface area contributed by atoms with Crippen LogP contribution in [-0.4, -0.2) is 49.2 Å². The van der Waals surface area contributed by atoms with Gasteiger partial charge in [0.05, 0.1) is 47.5 Å². The molecule has 1 fully saturated rings. The smallest absolute Gasteiger partial charge is 0.279 e. The summed E-state index contributed by atoms with van der Waals surface area (Å²) in [4.78, 5) is 13.3. The Labute approximate surface area is 171 Å². The van der Waals surface area contributed by atoms with Gasteiger partial charge in [-0.25, -0.2) is 8.42 Å². The maximum absolute atomic E-state index is 12.3. The zero-order valence-corrected chi connectivity index (χ0v) is 17.7. The Morgan fingerprint density at radius 2 is 2.03 bits per heavy atom. The lowest BCUT2D eigenvalue weighted by Crippen LogP contribution is -3.08. The molecular formula is C20H26N5O3S+. The zero-order valence-electron chi connectivity index (χ0n) is 16.9. The van der Waals surface area contributed by atoms with E-state index in [9.17, 15) is 13.2 Å². The Kier molecular flexibility index (Phi) is 6.05. The van der Waals surface area contributed by atoms with E-state index >= 15 is 0 Å².